The Bertz CT molecular complexity index is 813. The van der Waals surface area contributed by atoms with Crippen LogP contribution < -0.4 is 23.7 Å². The van der Waals surface area contributed by atoms with E-state index in [-0.39, 0.29) is 17.2 Å². The molecular weight excluding hydrogens is 346 g/mol. The van der Waals surface area contributed by atoms with Gasteiger partial charge in [0.2, 0.25) is 10.0 Å². The zero-order chi connectivity index (χ0) is 18.4. The van der Waals surface area contributed by atoms with E-state index < -0.39 is 10.0 Å². The van der Waals surface area contributed by atoms with Gasteiger partial charge in [-0.05, 0) is 29.8 Å². The predicted molar refractivity (Wildman–Crippen MR) is 93.1 cm³/mol. The van der Waals surface area contributed by atoms with E-state index >= 15 is 0 Å². The van der Waals surface area contributed by atoms with Crippen LogP contribution in [-0.4, -0.2) is 36.9 Å². The van der Waals surface area contributed by atoms with Crippen molar-refractivity contribution < 1.29 is 27.4 Å². The monoisotopic (exact) mass is 367 g/mol. The SMILES string of the molecule is COc1cc(CNS(=O)(=O)c2cc(OC)ccc2OC)cc(OC)c1. The van der Waals surface area contributed by atoms with Crippen molar-refractivity contribution in [3.63, 3.8) is 0 Å². The molecule has 0 amide bonds. The van der Waals surface area contributed by atoms with Crippen LogP contribution in [0.15, 0.2) is 41.3 Å². The Balaban J connectivity index is 2.28. The van der Waals surface area contributed by atoms with Gasteiger partial charge in [-0.3, -0.25) is 0 Å². The fourth-order valence-corrected chi connectivity index (χ4v) is 3.42. The van der Waals surface area contributed by atoms with Gasteiger partial charge in [0.05, 0.1) is 28.4 Å². The van der Waals surface area contributed by atoms with Crippen LogP contribution in [0.1, 0.15) is 5.56 Å². The van der Waals surface area contributed by atoms with Crippen molar-refractivity contribution in [3.05, 3.63) is 42.0 Å². The highest BCUT2D eigenvalue weighted by Gasteiger charge is 2.20. The molecule has 2 aromatic rings. The van der Waals surface area contributed by atoms with Crippen LogP contribution in [0.25, 0.3) is 0 Å². The van der Waals surface area contributed by atoms with Crippen LogP contribution in [-0.2, 0) is 16.6 Å². The Morgan fingerprint density at radius 3 is 1.92 bits per heavy atom. The lowest BCUT2D eigenvalue weighted by atomic mass is 10.2. The minimum Gasteiger partial charge on any atom is -0.497 e. The predicted octanol–water partition coefficient (Wildman–Crippen LogP) is 2.20. The summed E-state index contributed by atoms with van der Waals surface area (Å²) in [5.74, 6) is 1.81. The first kappa shape index (κ1) is 18.9. The van der Waals surface area contributed by atoms with Crippen molar-refractivity contribution in [1.29, 1.82) is 0 Å². The average molecular weight is 367 g/mol. The summed E-state index contributed by atoms with van der Waals surface area (Å²) in [6, 6.07) is 9.75. The Morgan fingerprint density at radius 1 is 0.800 bits per heavy atom. The van der Waals surface area contributed by atoms with Gasteiger partial charge in [0.15, 0.2) is 0 Å². The molecule has 0 aliphatic rings. The van der Waals surface area contributed by atoms with Crippen LogP contribution in [0.5, 0.6) is 23.0 Å². The maximum atomic E-state index is 12.7. The van der Waals surface area contributed by atoms with Crippen LogP contribution in [0, 0.1) is 0 Å². The van der Waals surface area contributed by atoms with E-state index in [0.717, 1.165) is 0 Å². The van der Waals surface area contributed by atoms with Crippen LogP contribution >= 0.6 is 0 Å². The highest BCUT2D eigenvalue weighted by molar-refractivity contribution is 7.89. The highest BCUT2D eigenvalue weighted by Crippen LogP contribution is 2.28. The maximum absolute atomic E-state index is 12.7. The molecule has 7 nitrogen and oxygen atoms in total. The Hall–Kier alpha value is -2.45. The lowest BCUT2D eigenvalue weighted by Crippen LogP contribution is -2.23. The first-order valence-corrected chi connectivity index (χ1v) is 8.85. The van der Waals surface area contributed by atoms with Gasteiger partial charge in [0.1, 0.15) is 27.9 Å². The first-order valence-electron chi connectivity index (χ1n) is 7.37. The van der Waals surface area contributed by atoms with Gasteiger partial charge in [-0.2, -0.15) is 0 Å². The van der Waals surface area contributed by atoms with Crippen molar-refractivity contribution in [2.75, 3.05) is 28.4 Å². The lowest BCUT2D eigenvalue weighted by Gasteiger charge is -2.13. The lowest BCUT2D eigenvalue weighted by molar-refractivity contribution is 0.391. The van der Waals surface area contributed by atoms with Gasteiger partial charge in [-0.1, -0.05) is 0 Å². The molecule has 0 atom stereocenters. The fourth-order valence-electron chi connectivity index (χ4n) is 2.22. The molecule has 0 heterocycles. The number of sulfonamides is 1. The Labute approximate surface area is 147 Å². The molecule has 0 aliphatic carbocycles. The number of nitrogens with one attached hydrogen (secondary N) is 1. The van der Waals surface area contributed by atoms with E-state index in [1.54, 1.807) is 30.3 Å². The number of benzene rings is 2. The first-order chi connectivity index (χ1) is 11.9. The number of methoxy groups -OCH3 is 4. The van der Waals surface area contributed by atoms with Gasteiger partial charge < -0.3 is 18.9 Å². The molecule has 0 unspecified atom stereocenters. The standard InChI is InChI=1S/C17H21NO6S/c1-21-13-5-6-16(24-4)17(10-13)25(19,20)18-11-12-7-14(22-2)9-15(8-12)23-3/h5-10,18H,11H2,1-4H3. The molecule has 0 aromatic heterocycles. The van der Waals surface area contributed by atoms with Gasteiger partial charge in [-0.15, -0.1) is 0 Å². The van der Waals surface area contributed by atoms with E-state index in [0.29, 0.717) is 22.8 Å². The summed E-state index contributed by atoms with van der Waals surface area (Å²) in [4.78, 5) is 0.00390. The normalized spacial score (nSPS) is 11.0. The third-order valence-corrected chi connectivity index (χ3v) is 4.96. The third kappa shape index (κ3) is 4.55. The molecule has 136 valence electrons. The van der Waals surface area contributed by atoms with Crippen molar-refractivity contribution in [2.24, 2.45) is 0 Å². The average Bonchev–Trinajstić information content (AvgIpc) is 2.65. The molecule has 0 aliphatic heterocycles. The van der Waals surface area contributed by atoms with Gasteiger partial charge in [-0.25, -0.2) is 13.1 Å². The second-order valence-corrected chi connectivity index (χ2v) is 6.80. The molecule has 25 heavy (non-hydrogen) atoms. The number of ether oxygens (including phenoxy) is 4. The van der Waals surface area contributed by atoms with E-state index in [2.05, 4.69) is 4.72 Å². The molecule has 0 saturated carbocycles. The van der Waals surface area contributed by atoms with Gasteiger partial charge in [0, 0.05) is 18.7 Å². The zero-order valence-electron chi connectivity index (χ0n) is 14.5. The molecule has 0 radical (unpaired) electrons. The molecule has 0 fully saturated rings. The van der Waals surface area contributed by atoms with Crippen molar-refractivity contribution in [1.82, 2.24) is 4.72 Å². The van der Waals surface area contributed by atoms with Crippen molar-refractivity contribution >= 4 is 10.0 Å². The fraction of sp³-hybridized carbons (Fsp3) is 0.294. The summed E-state index contributed by atoms with van der Waals surface area (Å²) in [6.45, 7) is 0.0657. The summed E-state index contributed by atoms with van der Waals surface area (Å²) in [5.41, 5.74) is 0.696. The summed E-state index contributed by atoms with van der Waals surface area (Å²) < 4.78 is 48.5. The topological polar surface area (TPSA) is 83.1 Å². The zero-order valence-corrected chi connectivity index (χ0v) is 15.3. The van der Waals surface area contributed by atoms with Crippen LogP contribution in [0.2, 0.25) is 0 Å². The molecule has 2 rings (SSSR count). The minimum absolute atomic E-state index is 0.00390. The van der Waals surface area contributed by atoms with Gasteiger partial charge in [0.25, 0.3) is 0 Å². The Kier molecular flexibility index (Phi) is 6.11. The summed E-state index contributed by atoms with van der Waals surface area (Å²) >= 11 is 0. The van der Waals surface area contributed by atoms with Crippen LogP contribution in [0.3, 0.4) is 0 Å². The maximum Gasteiger partial charge on any atom is 0.244 e. The van der Waals surface area contributed by atoms with Gasteiger partial charge >= 0.3 is 0 Å². The van der Waals surface area contributed by atoms with E-state index in [9.17, 15) is 8.42 Å². The summed E-state index contributed by atoms with van der Waals surface area (Å²) in [6.07, 6.45) is 0. The smallest absolute Gasteiger partial charge is 0.244 e. The largest absolute Gasteiger partial charge is 0.497 e. The molecule has 2 aromatic carbocycles. The Morgan fingerprint density at radius 2 is 1.40 bits per heavy atom. The molecule has 1 N–H and O–H groups in total. The molecule has 0 bridgehead atoms. The van der Waals surface area contributed by atoms with Crippen molar-refractivity contribution in [3.8, 4) is 23.0 Å². The molecule has 0 spiro atoms. The van der Waals surface area contributed by atoms with E-state index in [4.69, 9.17) is 18.9 Å². The molecule has 8 heteroatoms. The number of hydrogen-bond donors (Lipinski definition) is 1. The second kappa shape index (κ2) is 8.09. The third-order valence-electron chi connectivity index (χ3n) is 3.54. The minimum atomic E-state index is -3.81. The van der Waals surface area contributed by atoms with E-state index in [1.807, 2.05) is 0 Å². The van der Waals surface area contributed by atoms with E-state index in [1.165, 1.54) is 34.5 Å². The highest BCUT2D eigenvalue weighted by atomic mass is 32.2. The number of rotatable bonds is 8. The summed E-state index contributed by atoms with van der Waals surface area (Å²) in [7, 11) is 2.13. The van der Waals surface area contributed by atoms with Crippen LogP contribution in [0.4, 0.5) is 0 Å². The molecule has 0 saturated heterocycles. The second-order valence-electron chi connectivity index (χ2n) is 5.06. The molecular formula is C17H21NO6S. The quantitative estimate of drug-likeness (QED) is 0.770. The number of hydrogen-bond acceptors (Lipinski definition) is 6. The summed E-state index contributed by atoms with van der Waals surface area (Å²) in [5, 5.41) is 0. The van der Waals surface area contributed by atoms with Crippen molar-refractivity contribution in [2.45, 2.75) is 11.4 Å².